The number of carbonyl (C=O) groups excluding carboxylic acids is 2. The van der Waals surface area contributed by atoms with Gasteiger partial charge in [-0.3, -0.25) is 19.6 Å². The van der Waals surface area contributed by atoms with Crippen molar-refractivity contribution in [2.45, 2.75) is 38.8 Å². The van der Waals surface area contributed by atoms with Gasteiger partial charge in [0.2, 0.25) is 0 Å². The summed E-state index contributed by atoms with van der Waals surface area (Å²) in [5.41, 5.74) is 1.73. The van der Waals surface area contributed by atoms with E-state index >= 15 is 0 Å². The fourth-order valence-corrected chi connectivity index (χ4v) is 2.86. The van der Waals surface area contributed by atoms with Gasteiger partial charge in [0.15, 0.2) is 0 Å². The molecule has 0 spiro atoms. The van der Waals surface area contributed by atoms with Crippen molar-refractivity contribution in [3.05, 3.63) is 71.8 Å². The molecule has 10 nitrogen and oxygen atoms in total. The molecule has 0 radical (unpaired) electrons. The van der Waals surface area contributed by atoms with Gasteiger partial charge in [0.05, 0.1) is 12.1 Å². The molecule has 0 aliphatic carbocycles. The van der Waals surface area contributed by atoms with Gasteiger partial charge in [0.1, 0.15) is 0 Å². The molecule has 2 atom stereocenters. The van der Waals surface area contributed by atoms with E-state index in [1.165, 1.54) is 0 Å². The van der Waals surface area contributed by atoms with Crippen molar-refractivity contribution in [1.82, 2.24) is 41.0 Å². The second-order valence-electron chi connectivity index (χ2n) is 6.49. The van der Waals surface area contributed by atoms with Crippen molar-refractivity contribution >= 4 is 11.8 Å². The predicted octanol–water partition coefficient (Wildman–Crippen LogP) is 1.82. The molecule has 3 aromatic rings. The Morgan fingerprint density at radius 1 is 0.767 bits per heavy atom. The first-order valence-corrected chi connectivity index (χ1v) is 9.61. The smallest absolute Gasteiger partial charge is 0.293 e. The van der Waals surface area contributed by atoms with Crippen LogP contribution in [0.25, 0.3) is 0 Å². The first kappa shape index (κ1) is 20.9. The van der Waals surface area contributed by atoms with E-state index in [1.807, 2.05) is 26.0 Å². The van der Waals surface area contributed by atoms with Crippen LogP contribution in [0.1, 0.15) is 71.1 Å². The van der Waals surface area contributed by atoms with Crippen molar-refractivity contribution in [1.29, 1.82) is 0 Å². The number of pyridine rings is 2. The van der Waals surface area contributed by atoms with Crippen LogP contribution < -0.4 is 10.6 Å². The van der Waals surface area contributed by atoms with Gasteiger partial charge in [-0.1, -0.05) is 26.0 Å². The first-order valence-electron chi connectivity index (χ1n) is 9.61. The van der Waals surface area contributed by atoms with Crippen LogP contribution in [0.4, 0.5) is 0 Å². The molecule has 154 valence electrons. The number of aromatic nitrogens is 6. The van der Waals surface area contributed by atoms with Gasteiger partial charge >= 0.3 is 0 Å². The molecule has 0 saturated heterocycles. The SMILES string of the molecule is CCC(NC(=O)c1nnc(C(=O)NC(CC)c2cccnc2)nn1)c1cccnc1. The average molecular weight is 406 g/mol. The van der Waals surface area contributed by atoms with Crippen molar-refractivity contribution in [3.63, 3.8) is 0 Å². The molecular weight excluding hydrogens is 384 g/mol. The van der Waals surface area contributed by atoms with Gasteiger partial charge in [-0.2, -0.15) is 0 Å². The van der Waals surface area contributed by atoms with Crippen LogP contribution in [-0.2, 0) is 0 Å². The summed E-state index contributed by atoms with van der Waals surface area (Å²) in [5.74, 6) is -1.49. The zero-order valence-electron chi connectivity index (χ0n) is 16.7. The molecule has 0 aromatic carbocycles. The van der Waals surface area contributed by atoms with Crippen LogP contribution in [0.2, 0.25) is 0 Å². The molecule has 2 unspecified atom stereocenters. The summed E-state index contributed by atoms with van der Waals surface area (Å²) in [7, 11) is 0. The maximum Gasteiger partial charge on any atom is 0.293 e. The number of hydrogen-bond acceptors (Lipinski definition) is 8. The van der Waals surface area contributed by atoms with Gasteiger partial charge in [-0.25, -0.2) is 0 Å². The lowest BCUT2D eigenvalue weighted by Crippen LogP contribution is -2.33. The van der Waals surface area contributed by atoms with Gasteiger partial charge in [0, 0.05) is 24.8 Å². The molecule has 3 heterocycles. The number of amides is 2. The molecule has 3 rings (SSSR count). The second-order valence-corrected chi connectivity index (χ2v) is 6.49. The molecule has 3 aromatic heterocycles. The number of hydrogen-bond donors (Lipinski definition) is 2. The number of carbonyl (C=O) groups is 2. The Morgan fingerprint density at radius 3 is 1.47 bits per heavy atom. The van der Waals surface area contributed by atoms with E-state index in [0.29, 0.717) is 12.8 Å². The fourth-order valence-electron chi connectivity index (χ4n) is 2.86. The Morgan fingerprint density at radius 2 is 1.17 bits per heavy atom. The van der Waals surface area contributed by atoms with Gasteiger partial charge in [0.25, 0.3) is 23.5 Å². The lowest BCUT2D eigenvalue weighted by molar-refractivity contribution is 0.0901. The van der Waals surface area contributed by atoms with Crippen LogP contribution in [0.5, 0.6) is 0 Å². The number of nitrogens with one attached hydrogen (secondary N) is 2. The summed E-state index contributed by atoms with van der Waals surface area (Å²) in [5, 5.41) is 20.7. The standard InChI is InChI=1S/C20H22N8O2/c1-3-15(13-7-5-9-21-11-13)23-19(29)17-25-27-18(28-26-17)20(30)24-16(4-2)14-8-6-10-22-12-14/h5-12,15-16H,3-4H2,1-2H3,(H,23,29)(H,24,30). The highest BCUT2D eigenvalue weighted by molar-refractivity contribution is 5.92. The minimum absolute atomic E-state index is 0.215. The van der Waals surface area contributed by atoms with Crippen LogP contribution in [0.15, 0.2) is 49.1 Å². The Balaban J connectivity index is 1.65. The molecular formula is C20H22N8O2. The predicted molar refractivity (Wildman–Crippen MR) is 107 cm³/mol. The largest absolute Gasteiger partial charge is 0.342 e. The van der Waals surface area contributed by atoms with Crippen LogP contribution in [0.3, 0.4) is 0 Å². The van der Waals surface area contributed by atoms with Crippen LogP contribution in [-0.4, -0.2) is 42.2 Å². The third kappa shape index (κ3) is 5.16. The summed E-state index contributed by atoms with van der Waals surface area (Å²) < 4.78 is 0. The van der Waals surface area contributed by atoms with E-state index in [-0.39, 0.29) is 23.7 Å². The molecule has 0 fully saturated rings. The Kier molecular flexibility index (Phi) is 7.04. The summed E-state index contributed by atoms with van der Waals surface area (Å²) in [6.45, 7) is 3.88. The quantitative estimate of drug-likeness (QED) is 0.578. The molecule has 0 aliphatic heterocycles. The lowest BCUT2D eigenvalue weighted by Gasteiger charge is -2.16. The maximum atomic E-state index is 12.4. The van der Waals surface area contributed by atoms with Crippen molar-refractivity contribution in [2.75, 3.05) is 0 Å². The first-order chi connectivity index (χ1) is 14.6. The van der Waals surface area contributed by atoms with E-state index < -0.39 is 11.8 Å². The average Bonchev–Trinajstić information content (AvgIpc) is 2.81. The normalized spacial score (nSPS) is 12.6. The van der Waals surface area contributed by atoms with Gasteiger partial charge in [-0.15, -0.1) is 20.4 Å². The second kappa shape index (κ2) is 10.1. The molecule has 0 aliphatic rings. The lowest BCUT2D eigenvalue weighted by atomic mass is 10.1. The topological polar surface area (TPSA) is 136 Å². The van der Waals surface area contributed by atoms with Gasteiger partial charge < -0.3 is 10.6 Å². The third-order valence-corrected chi connectivity index (χ3v) is 4.49. The van der Waals surface area contributed by atoms with E-state index in [9.17, 15) is 9.59 Å². The molecule has 0 bridgehead atoms. The maximum absolute atomic E-state index is 12.4. The van der Waals surface area contributed by atoms with Crippen molar-refractivity contribution in [2.24, 2.45) is 0 Å². The van der Waals surface area contributed by atoms with Gasteiger partial charge in [-0.05, 0) is 36.1 Å². The van der Waals surface area contributed by atoms with E-state index in [1.54, 1.807) is 36.9 Å². The highest BCUT2D eigenvalue weighted by atomic mass is 16.2. The molecule has 30 heavy (non-hydrogen) atoms. The minimum atomic E-state index is -0.528. The van der Waals surface area contributed by atoms with Crippen molar-refractivity contribution in [3.8, 4) is 0 Å². The molecule has 10 heteroatoms. The minimum Gasteiger partial charge on any atom is -0.342 e. The number of rotatable bonds is 8. The van der Waals surface area contributed by atoms with E-state index in [2.05, 4.69) is 41.0 Å². The summed E-state index contributed by atoms with van der Waals surface area (Å²) in [6.07, 6.45) is 8.01. The highest BCUT2D eigenvalue weighted by Gasteiger charge is 2.20. The van der Waals surface area contributed by atoms with Crippen LogP contribution >= 0.6 is 0 Å². The Labute approximate surface area is 173 Å². The van der Waals surface area contributed by atoms with E-state index in [4.69, 9.17) is 0 Å². The highest BCUT2D eigenvalue weighted by Crippen LogP contribution is 2.16. The third-order valence-electron chi connectivity index (χ3n) is 4.49. The summed E-state index contributed by atoms with van der Waals surface area (Å²) in [4.78, 5) is 33.0. The zero-order valence-corrected chi connectivity index (χ0v) is 16.7. The summed E-state index contributed by atoms with van der Waals surface area (Å²) in [6, 6.07) is 6.85. The fraction of sp³-hybridized carbons (Fsp3) is 0.300. The summed E-state index contributed by atoms with van der Waals surface area (Å²) >= 11 is 0. The van der Waals surface area contributed by atoms with Crippen molar-refractivity contribution < 1.29 is 9.59 Å². The van der Waals surface area contributed by atoms with E-state index in [0.717, 1.165) is 11.1 Å². The Bertz CT molecular complexity index is 887. The number of nitrogens with zero attached hydrogens (tertiary/aromatic N) is 6. The monoisotopic (exact) mass is 406 g/mol. The van der Waals surface area contributed by atoms with Crippen LogP contribution in [0, 0.1) is 0 Å². The molecule has 2 N–H and O–H groups in total. The molecule has 0 saturated carbocycles. The zero-order chi connectivity index (χ0) is 21.3. The molecule has 2 amide bonds. The Hall–Kier alpha value is -3.82.